The van der Waals surface area contributed by atoms with Gasteiger partial charge in [0.1, 0.15) is 35.9 Å². The summed E-state index contributed by atoms with van der Waals surface area (Å²) < 4.78 is 37.4. The second kappa shape index (κ2) is 10.3. The van der Waals surface area contributed by atoms with Gasteiger partial charge in [-0.25, -0.2) is 19.5 Å². The fourth-order valence-electron chi connectivity index (χ4n) is 3.47. The number of aromatic nitrogens is 4. The quantitative estimate of drug-likeness (QED) is 0.196. The van der Waals surface area contributed by atoms with Crippen LogP contribution in [0.3, 0.4) is 0 Å². The Bertz CT molecular complexity index is 1220. The zero-order valence-corrected chi connectivity index (χ0v) is 19.5. The highest BCUT2D eigenvalue weighted by Crippen LogP contribution is 2.39. The van der Waals surface area contributed by atoms with Crippen LogP contribution in [-0.4, -0.2) is 85.4 Å². The molecule has 4 atom stereocenters. The highest BCUT2D eigenvalue weighted by Gasteiger charge is 2.45. The number of methoxy groups -OCH3 is 2. The summed E-state index contributed by atoms with van der Waals surface area (Å²) >= 11 is 0. The Kier molecular flexibility index (Phi) is 7.37. The van der Waals surface area contributed by atoms with Crippen molar-refractivity contribution in [2.45, 2.75) is 31.1 Å². The van der Waals surface area contributed by atoms with Gasteiger partial charge in [0.05, 0.1) is 27.2 Å². The molecule has 3 aromatic rings. The number of phosphoric ester groups is 1. The molecular formula is C19H24N5O10P. The predicted octanol–water partition coefficient (Wildman–Crippen LogP) is -0.0830. The van der Waals surface area contributed by atoms with Crippen LogP contribution in [-0.2, 0) is 20.4 Å². The van der Waals surface area contributed by atoms with Gasteiger partial charge in [0, 0.05) is 18.2 Å². The van der Waals surface area contributed by atoms with Crippen molar-refractivity contribution in [2.24, 2.45) is 0 Å². The van der Waals surface area contributed by atoms with Gasteiger partial charge in [-0.3, -0.25) is 4.52 Å². The summed E-state index contributed by atoms with van der Waals surface area (Å²) in [6, 6.07) is 3.17. The summed E-state index contributed by atoms with van der Waals surface area (Å²) in [6.45, 7) is -0.479. The molecule has 15 nitrogen and oxygen atoms in total. The molecule has 35 heavy (non-hydrogen) atoms. The van der Waals surface area contributed by atoms with Crippen LogP contribution in [0, 0.1) is 0 Å². The number of rotatable bonds is 10. The summed E-state index contributed by atoms with van der Waals surface area (Å²) in [6.07, 6.45) is -2.79. The Hall–Kier alpha value is -3.04. The maximum absolute atomic E-state index is 11.0. The van der Waals surface area contributed by atoms with Crippen molar-refractivity contribution in [1.29, 1.82) is 0 Å². The largest absolute Gasteiger partial charge is 0.493 e. The van der Waals surface area contributed by atoms with Crippen molar-refractivity contribution < 1.29 is 48.0 Å². The summed E-state index contributed by atoms with van der Waals surface area (Å²) in [4.78, 5) is 33.1. The highest BCUT2D eigenvalue weighted by molar-refractivity contribution is 7.46. The Labute approximate surface area is 198 Å². The molecule has 6 N–H and O–H groups in total. The molecule has 0 radical (unpaired) electrons. The van der Waals surface area contributed by atoms with E-state index < -0.39 is 39.0 Å². The van der Waals surface area contributed by atoms with E-state index in [-0.39, 0.29) is 12.3 Å². The fourth-order valence-corrected chi connectivity index (χ4v) is 3.81. The van der Waals surface area contributed by atoms with Crippen molar-refractivity contribution in [1.82, 2.24) is 19.9 Å². The number of hydrogen-bond acceptors (Lipinski definition) is 12. The number of hydrogen-bond donors (Lipinski definition) is 6. The van der Waals surface area contributed by atoms with Gasteiger partial charge in [-0.1, -0.05) is 0 Å². The Morgan fingerprint density at radius 3 is 2.54 bits per heavy atom. The third-order valence-corrected chi connectivity index (χ3v) is 5.69. The lowest BCUT2D eigenvalue weighted by molar-refractivity contribution is -0.116. The number of nitrogens with zero attached hydrogens (tertiary/aromatic N) is 3. The van der Waals surface area contributed by atoms with E-state index >= 15 is 0 Å². The molecule has 16 heteroatoms. The van der Waals surface area contributed by atoms with Gasteiger partial charge in [0.2, 0.25) is 6.29 Å². The van der Waals surface area contributed by atoms with Crippen LogP contribution in [0.4, 0.5) is 5.82 Å². The first-order valence-electron chi connectivity index (χ1n) is 10.2. The molecule has 1 unspecified atom stereocenters. The van der Waals surface area contributed by atoms with E-state index in [4.69, 9.17) is 28.7 Å². The average molecular weight is 513 g/mol. The minimum atomic E-state index is -4.80. The number of aliphatic hydroxyl groups excluding tert-OH is 2. The zero-order chi connectivity index (χ0) is 25.2. The Morgan fingerprint density at radius 1 is 1.09 bits per heavy atom. The van der Waals surface area contributed by atoms with Crippen LogP contribution >= 0.6 is 7.82 Å². The molecule has 1 aromatic carbocycles. The van der Waals surface area contributed by atoms with Crippen LogP contribution in [0.2, 0.25) is 0 Å². The first-order valence-corrected chi connectivity index (χ1v) is 11.7. The van der Waals surface area contributed by atoms with Crippen LogP contribution < -0.4 is 19.5 Å². The predicted molar refractivity (Wildman–Crippen MR) is 118 cm³/mol. The van der Waals surface area contributed by atoms with E-state index in [1.54, 1.807) is 6.07 Å². The molecule has 190 valence electrons. The lowest BCUT2D eigenvalue weighted by Crippen LogP contribution is -2.36. The van der Waals surface area contributed by atoms with E-state index in [0.29, 0.717) is 34.0 Å². The molecule has 3 heterocycles. The molecule has 1 aliphatic rings. The van der Waals surface area contributed by atoms with E-state index in [9.17, 15) is 14.8 Å². The minimum absolute atomic E-state index is 0.178. The second-order valence-electron chi connectivity index (χ2n) is 7.42. The normalized spacial score (nSPS) is 22.3. The number of H-pyrrole nitrogens is 1. The lowest BCUT2D eigenvalue weighted by atomic mass is 10.1. The van der Waals surface area contributed by atoms with Crippen LogP contribution in [0.1, 0.15) is 5.56 Å². The number of anilines is 1. The van der Waals surface area contributed by atoms with Gasteiger partial charge < -0.3 is 49.2 Å². The molecule has 0 spiro atoms. The Balaban J connectivity index is 1.56. The number of benzene rings is 1. The van der Waals surface area contributed by atoms with Crippen molar-refractivity contribution in [3.8, 4) is 17.2 Å². The molecular weight excluding hydrogens is 489 g/mol. The summed E-state index contributed by atoms with van der Waals surface area (Å²) in [5.74, 6) is 1.44. The minimum Gasteiger partial charge on any atom is -0.493 e. The van der Waals surface area contributed by atoms with Crippen molar-refractivity contribution >= 4 is 24.8 Å². The monoisotopic (exact) mass is 513 g/mol. The number of aromatic amines is 1. The van der Waals surface area contributed by atoms with Crippen molar-refractivity contribution in [3.05, 3.63) is 30.4 Å². The fraction of sp³-hybridized carbons (Fsp3) is 0.421. The SMILES string of the molecule is COc1cc(CNc2ncnc3nc[nH]c23)c(OC2O[C@H](COP(=O)(O)O)[C@@H](O)[C@H]2O)cc1OC. The van der Waals surface area contributed by atoms with Crippen molar-refractivity contribution in [3.63, 3.8) is 0 Å². The van der Waals surface area contributed by atoms with Gasteiger partial charge in [0.25, 0.3) is 0 Å². The lowest BCUT2D eigenvalue weighted by Gasteiger charge is -2.21. The standard InChI is InChI=1S/C19H24N5O10P/c1-30-11-3-9(5-20-17-14-18(22-7-21-14)24-8-23-17)10(4-12(11)31-2)33-19-16(26)15(25)13(34-19)6-32-35(27,28)29/h3-4,7-8,13,15-16,19,25-26H,5-6H2,1-2H3,(H2,27,28,29)(H2,20,21,22,23,24)/t13-,15-,16-,19?/m1/s1. The van der Waals surface area contributed by atoms with Gasteiger partial charge >= 0.3 is 7.82 Å². The van der Waals surface area contributed by atoms with Crippen LogP contribution in [0.25, 0.3) is 11.2 Å². The molecule has 1 aliphatic heterocycles. The Morgan fingerprint density at radius 2 is 1.83 bits per heavy atom. The number of fused-ring (bicyclic) bond motifs is 1. The first kappa shape index (κ1) is 25.1. The maximum atomic E-state index is 11.0. The molecule has 0 amide bonds. The molecule has 0 saturated carbocycles. The number of ether oxygens (including phenoxy) is 4. The second-order valence-corrected chi connectivity index (χ2v) is 8.66. The van der Waals surface area contributed by atoms with Crippen molar-refractivity contribution in [2.75, 3.05) is 26.1 Å². The molecule has 1 saturated heterocycles. The van der Waals surface area contributed by atoms with Crippen LogP contribution in [0.5, 0.6) is 17.2 Å². The molecule has 2 aromatic heterocycles. The summed E-state index contributed by atoms with van der Waals surface area (Å²) in [5, 5.41) is 23.8. The molecule has 4 rings (SSSR count). The van der Waals surface area contributed by atoms with Crippen LogP contribution in [0.15, 0.2) is 24.8 Å². The summed E-state index contributed by atoms with van der Waals surface area (Å²) in [5.41, 5.74) is 1.63. The molecule has 1 fully saturated rings. The molecule has 0 aliphatic carbocycles. The first-order chi connectivity index (χ1) is 16.7. The summed E-state index contributed by atoms with van der Waals surface area (Å²) in [7, 11) is -1.89. The smallest absolute Gasteiger partial charge is 0.469 e. The topological polar surface area (TPSA) is 211 Å². The van der Waals surface area contributed by atoms with Gasteiger partial charge in [-0.05, 0) is 6.07 Å². The highest BCUT2D eigenvalue weighted by atomic mass is 31.2. The zero-order valence-electron chi connectivity index (χ0n) is 18.6. The maximum Gasteiger partial charge on any atom is 0.469 e. The number of phosphoric acid groups is 1. The van der Waals surface area contributed by atoms with E-state index in [2.05, 4.69) is 29.8 Å². The van der Waals surface area contributed by atoms with E-state index in [1.165, 1.54) is 32.9 Å². The third-order valence-electron chi connectivity index (χ3n) is 5.20. The number of imidazole rings is 1. The average Bonchev–Trinajstić information content (AvgIpc) is 3.42. The number of aliphatic hydroxyl groups is 2. The van der Waals surface area contributed by atoms with Gasteiger partial charge in [-0.15, -0.1) is 0 Å². The van der Waals surface area contributed by atoms with Gasteiger partial charge in [0.15, 0.2) is 23.0 Å². The van der Waals surface area contributed by atoms with Gasteiger partial charge in [-0.2, -0.15) is 0 Å². The van der Waals surface area contributed by atoms with E-state index in [0.717, 1.165) is 0 Å². The third kappa shape index (κ3) is 5.62. The number of nitrogens with one attached hydrogen (secondary N) is 2. The molecule has 0 bridgehead atoms. The van der Waals surface area contributed by atoms with E-state index in [1.807, 2.05) is 0 Å².